The van der Waals surface area contributed by atoms with E-state index in [4.69, 9.17) is 12.2 Å². The monoisotopic (exact) mass is 378 g/mol. The molecule has 1 fully saturated rings. The summed E-state index contributed by atoms with van der Waals surface area (Å²) in [6.07, 6.45) is 4.00. The van der Waals surface area contributed by atoms with E-state index in [1.807, 2.05) is 57.4 Å². The van der Waals surface area contributed by atoms with Crippen LogP contribution in [0, 0.1) is 13.8 Å². The van der Waals surface area contributed by atoms with Crippen molar-refractivity contribution in [2.24, 2.45) is 7.05 Å². The number of benzene rings is 2. The minimum Gasteiger partial charge on any atom is -0.350 e. The zero-order valence-corrected chi connectivity index (χ0v) is 16.4. The molecule has 1 aliphatic rings. The molecule has 3 aromatic rings. The predicted molar refractivity (Wildman–Crippen MR) is 114 cm³/mol. The Morgan fingerprint density at radius 2 is 1.88 bits per heavy atom. The van der Waals surface area contributed by atoms with Crippen molar-refractivity contribution < 1.29 is 4.79 Å². The number of aryl methyl sites for hydroxylation is 3. The fourth-order valence-corrected chi connectivity index (χ4v) is 4.64. The highest BCUT2D eigenvalue weighted by Crippen LogP contribution is 2.38. The largest absolute Gasteiger partial charge is 0.350 e. The Kier molecular flexibility index (Phi) is 4.21. The van der Waals surface area contributed by atoms with Gasteiger partial charge in [-0.15, -0.1) is 0 Å². The van der Waals surface area contributed by atoms with E-state index in [0.29, 0.717) is 9.23 Å². The van der Waals surface area contributed by atoms with Gasteiger partial charge in [-0.2, -0.15) is 0 Å². The summed E-state index contributed by atoms with van der Waals surface area (Å²) in [5, 5.41) is 1.13. The van der Waals surface area contributed by atoms with Crippen molar-refractivity contribution in [2.45, 2.75) is 13.8 Å². The number of para-hydroxylation sites is 1. The number of hydrogen-bond donors (Lipinski definition) is 0. The van der Waals surface area contributed by atoms with Crippen LogP contribution in [0.1, 0.15) is 16.7 Å². The lowest BCUT2D eigenvalue weighted by atomic mass is 10.1. The average Bonchev–Trinajstić information content (AvgIpc) is 3.06. The van der Waals surface area contributed by atoms with Gasteiger partial charge in [-0.05, 0) is 37.6 Å². The summed E-state index contributed by atoms with van der Waals surface area (Å²) < 4.78 is 2.65. The summed E-state index contributed by atoms with van der Waals surface area (Å²) in [6.45, 7) is 4.05. The van der Waals surface area contributed by atoms with Crippen molar-refractivity contribution in [3.63, 3.8) is 0 Å². The maximum Gasteiger partial charge on any atom is 0.270 e. The molecule has 3 nitrogen and oxygen atoms in total. The van der Waals surface area contributed by atoms with E-state index < -0.39 is 0 Å². The van der Waals surface area contributed by atoms with Crippen molar-refractivity contribution in [3.8, 4) is 0 Å². The van der Waals surface area contributed by atoms with E-state index in [2.05, 4.69) is 22.8 Å². The molecule has 1 amide bonds. The van der Waals surface area contributed by atoms with Crippen molar-refractivity contribution in [3.05, 3.63) is 70.3 Å². The molecule has 130 valence electrons. The molecule has 1 aromatic heterocycles. The van der Waals surface area contributed by atoms with Gasteiger partial charge in [0.1, 0.15) is 0 Å². The highest BCUT2D eigenvalue weighted by atomic mass is 32.2. The Bertz CT molecular complexity index is 1090. The van der Waals surface area contributed by atoms with Crippen LogP contribution in [-0.2, 0) is 11.8 Å². The number of aromatic nitrogens is 1. The molecule has 2 heterocycles. The first-order valence-electron chi connectivity index (χ1n) is 8.35. The molecule has 0 aliphatic carbocycles. The fourth-order valence-electron chi connectivity index (χ4n) is 3.36. The van der Waals surface area contributed by atoms with Crippen molar-refractivity contribution in [1.82, 2.24) is 4.57 Å². The van der Waals surface area contributed by atoms with Gasteiger partial charge in [0.15, 0.2) is 4.32 Å². The summed E-state index contributed by atoms with van der Waals surface area (Å²) in [7, 11) is 2.01. The highest BCUT2D eigenvalue weighted by Gasteiger charge is 2.34. The molecular formula is C21H18N2OS2. The molecule has 0 N–H and O–H groups in total. The van der Waals surface area contributed by atoms with E-state index >= 15 is 0 Å². The molecule has 1 aliphatic heterocycles. The summed E-state index contributed by atoms with van der Waals surface area (Å²) in [5.41, 5.74) is 5.25. The minimum atomic E-state index is -0.0557. The second-order valence-electron chi connectivity index (χ2n) is 6.52. The van der Waals surface area contributed by atoms with Crippen molar-refractivity contribution in [1.29, 1.82) is 0 Å². The molecule has 4 rings (SSSR count). The number of rotatable bonds is 2. The zero-order valence-electron chi connectivity index (χ0n) is 14.8. The third-order valence-corrected chi connectivity index (χ3v) is 5.90. The minimum absolute atomic E-state index is 0.0557. The van der Waals surface area contributed by atoms with Crippen LogP contribution < -0.4 is 4.90 Å². The molecule has 0 saturated carbocycles. The summed E-state index contributed by atoms with van der Waals surface area (Å²) >= 11 is 6.87. The van der Waals surface area contributed by atoms with Crippen molar-refractivity contribution in [2.75, 3.05) is 4.90 Å². The van der Waals surface area contributed by atoms with Crippen LogP contribution >= 0.6 is 24.0 Å². The first kappa shape index (κ1) is 17.1. The summed E-state index contributed by atoms with van der Waals surface area (Å²) in [5.74, 6) is -0.0557. The molecule has 0 unspecified atom stereocenters. The molecule has 2 aromatic carbocycles. The highest BCUT2D eigenvalue weighted by molar-refractivity contribution is 8.27. The Morgan fingerprint density at radius 1 is 1.12 bits per heavy atom. The molecular weight excluding hydrogens is 360 g/mol. The first-order chi connectivity index (χ1) is 12.5. The number of thioether (sulfide) groups is 1. The third-order valence-electron chi connectivity index (χ3n) is 4.60. The van der Waals surface area contributed by atoms with E-state index in [0.717, 1.165) is 27.7 Å². The Morgan fingerprint density at radius 3 is 2.65 bits per heavy atom. The lowest BCUT2D eigenvalue weighted by molar-refractivity contribution is -0.113. The Labute approximate surface area is 162 Å². The number of thiocarbonyl (C=S) groups is 1. The predicted octanol–water partition coefficient (Wildman–Crippen LogP) is 5.20. The topological polar surface area (TPSA) is 25.2 Å². The second-order valence-corrected chi connectivity index (χ2v) is 8.20. The quantitative estimate of drug-likeness (QED) is 0.453. The Hall–Kier alpha value is -2.37. The molecule has 5 heteroatoms. The molecule has 0 radical (unpaired) electrons. The number of anilines is 1. The van der Waals surface area contributed by atoms with E-state index in [9.17, 15) is 4.79 Å². The van der Waals surface area contributed by atoms with Crippen LogP contribution in [0.4, 0.5) is 5.69 Å². The third kappa shape index (κ3) is 2.77. The maximum atomic E-state index is 13.0. The molecule has 26 heavy (non-hydrogen) atoms. The maximum absolute atomic E-state index is 13.0. The van der Waals surface area contributed by atoms with Crippen LogP contribution in [0.15, 0.2) is 53.6 Å². The summed E-state index contributed by atoms with van der Waals surface area (Å²) in [4.78, 5) is 15.3. The van der Waals surface area contributed by atoms with E-state index in [1.54, 1.807) is 4.90 Å². The lowest BCUT2D eigenvalue weighted by Gasteiger charge is -2.17. The lowest BCUT2D eigenvalue weighted by Crippen LogP contribution is -2.28. The van der Waals surface area contributed by atoms with E-state index in [-0.39, 0.29) is 5.91 Å². The molecule has 0 atom stereocenters. The summed E-state index contributed by atoms with van der Waals surface area (Å²) in [6, 6.07) is 14.2. The molecule has 0 bridgehead atoms. The normalized spacial score (nSPS) is 16.3. The SMILES string of the molecule is Cc1ccc(N2C(=O)/C(=C/c3cn(C)c4ccccc34)SC2=S)c(C)c1. The zero-order chi connectivity index (χ0) is 18.4. The number of amides is 1. The smallest absolute Gasteiger partial charge is 0.270 e. The number of carbonyl (C=O) groups is 1. The van der Waals surface area contributed by atoms with Gasteiger partial charge in [0.2, 0.25) is 0 Å². The van der Waals surface area contributed by atoms with Gasteiger partial charge in [0, 0.05) is 29.7 Å². The van der Waals surface area contributed by atoms with Crippen LogP contribution in [0.2, 0.25) is 0 Å². The van der Waals surface area contributed by atoms with Crippen LogP contribution in [0.3, 0.4) is 0 Å². The van der Waals surface area contributed by atoms with Crippen LogP contribution in [0.5, 0.6) is 0 Å². The Balaban J connectivity index is 1.76. The van der Waals surface area contributed by atoms with Crippen LogP contribution in [0.25, 0.3) is 17.0 Å². The standard InChI is InChI=1S/C21H18N2OS2/c1-13-8-9-17(14(2)10-13)23-20(24)19(26-21(23)25)11-15-12-22(3)18-7-5-4-6-16(15)18/h4-12H,1-3H3/b19-11-. The number of carbonyl (C=O) groups excluding carboxylic acids is 1. The van der Waals surface area contributed by atoms with Gasteiger partial charge in [0.05, 0.1) is 10.6 Å². The van der Waals surface area contributed by atoms with Gasteiger partial charge in [-0.1, -0.05) is 59.9 Å². The van der Waals surface area contributed by atoms with Gasteiger partial charge in [0.25, 0.3) is 5.91 Å². The van der Waals surface area contributed by atoms with E-state index in [1.165, 1.54) is 17.3 Å². The number of fused-ring (bicyclic) bond motifs is 1. The van der Waals surface area contributed by atoms with Gasteiger partial charge in [-0.25, -0.2) is 0 Å². The second kappa shape index (κ2) is 6.41. The molecule has 1 saturated heterocycles. The molecule has 0 spiro atoms. The van der Waals surface area contributed by atoms with Gasteiger partial charge >= 0.3 is 0 Å². The average molecular weight is 379 g/mol. The first-order valence-corrected chi connectivity index (χ1v) is 9.57. The number of nitrogens with zero attached hydrogens (tertiary/aromatic N) is 2. The van der Waals surface area contributed by atoms with Crippen molar-refractivity contribution >= 4 is 56.9 Å². The fraction of sp³-hybridized carbons (Fsp3) is 0.143. The van der Waals surface area contributed by atoms with Crippen LogP contribution in [-0.4, -0.2) is 14.8 Å². The van der Waals surface area contributed by atoms with Gasteiger partial charge < -0.3 is 4.57 Å². The number of hydrogen-bond acceptors (Lipinski definition) is 3. The van der Waals surface area contributed by atoms with Gasteiger partial charge in [-0.3, -0.25) is 9.69 Å².